The minimum absolute atomic E-state index is 0.304. The third-order valence-corrected chi connectivity index (χ3v) is 4.11. The molecule has 21 heavy (non-hydrogen) atoms. The number of nitrogens with zero attached hydrogens (tertiary/aromatic N) is 4. The number of hydrogen-bond acceptors (Lipinski definition) is 4. The van der Waals surface area contributed by atoms with Crippen molar-refractivity contribution < 1.29 is 0 Å². The number of anilines is 1. The van der Waals surface area contributed by atoms with Crippen LogP contribution in [-0.4, -0.2) is 26.5 Å². The first-order valence-electron chi connectivity index (χ1n) is 7.31. The Labute approximate surface area is 123 Å². The molecule has 0 spiro atoms. The van der Waals surface area contributed by atoms with E-state index < -0.39 is 0 Å². The van der Waals surface area contributed by atoms with Crippen LogP contribution in [0, 0.1) is 6.92 Å². The Morgan fingerprint density at radius 2 is 2.19 bits per heavy atom. The fourth-order valence-corrected chi connectivity index (χ4v) is 3.17. The Hall–Kier alpha value is -2.43. The molecule has 5 heteroatoms. The predicted octanol–water partition coefficient (Wildman–Crippen LogP) is 3.00. The summed E-state index contributed by atoms with van der Waals surface area (Å²) in [6, 6.07) is 8.59. The number of aromatic nitrogens is 4. The van der Waals surface area contributed by atoms with Crippen LogP contribution in [-0.2, 0) is 0 Å². The van der Waals surface area contributed by atoms with E-state index in [1.807, 2.05) is 25.3 Å². The Balaban J connectivity index is 1.78. The van der Waals surface area contributed by atoms with Gasteiger partial charge in [0.1, 0.15) is 17.8 Å². The minimum atomic E-state index is 0.304. The number of nitrogens with one attached hydrogen (secondary N) is 1. The molecule has 0 aliphatic carbocycles. The normalized spacial score (nSPS) is 18.5. The number of hydrogen-bond donors (Lipinski definition) is 1. The van der Waals surface area contributed by atoms with Crippen molar-refractivity contribution in [2.45, 2.75) is 25.8 Å². The molecule has 1 fully saturated rings. The number of rotatable bonds is 2. The van der Waals surface area contributed by atoms with E-state index in [1.54, 1.807) is 6.33 Å². The van der Waals surface area contributed by atoms with Crippen molar-refractivity contribution in [2.24, 2.45) is 0 Å². The third-order valence-electron chi connectivity index (χ3n) is 4.11. The van der Waals surface area contributed by atoms with E-state index >= 15 is 0 Å². The molecule has 1 aliphatic rings. The van der Waals surface area contributed by atoms with Gasteiger partial charge in [-0.2, -0.15) is 0 Å². The van der Waals surface area contributed by atoms with Gasteiger partial charge >= 0.3 is 0 Å². The summed E-state index contributed by atoms with van der Waals surface area (Å²) >= 11 is 0. The highest BCUT2D eigenvalue weighted by atomic mass is 15.2. The molecule has 106 valence electrons. The molecule has 1 aliphatic heterocycles. The molecule has 1 atom stereocenters. The molecule has 4 rings (SSSR count). The summed E-state index contributed by atoms with van der Waals surface area (Å²) in [6.45, 7) is 3.05. The van der Waals surface area contributed by atoms with Gasteiger partial charge in [-0.05, 0) is 38.0 Å². The molecule has 0 radical (unpaired) electrons. The predicted molar refractivity (Wildman–Crippen MR) is 82.2 cm³/mol. The van der Waals surface area contributed by atoms with E-state index in [2.05, 4.69) is 32.0 Å². The van der Waals surface area contributed by atoms with E-state index in [9.17, 15) is 0 Å². The van der Waals surface area contributed by atoms with Gasteiger partial charge in [-0.25, -0.2) is 9.97 Å². The number of aromatic amines is 1. The van der Waals surface area contributed by atoms with Gasteiger partial charge in [0.25, 0.3) is 0 Å². The van der Waals surface area contributed by atoms with Crippen molar-refractivity contribution in [3.63, 3.8) is 0 Å². The van der Waals surface area contributed by atoms with E-state index in [4.69, 9.17) is 4.98 Å². The summed E-state index contributed by atoms with van der Waals surface area (Å²) in [5.74, 6) is 1.01. The van der Waals surface area contributed by atoms with Crippen molar-refractivity contribution in [3.8, 4) is 0 Å². The number of pyridine rings is 1. The fourth-order valence-electron chi connectivity index (χ4n) is 3.17. The van der Waals surface area contributed by atoms with Crippen LogP contribution >= 0.6 is 0 Å². The minimum Gasteiger partial charge on any atom is -0.347 e. The third kappa shape index (κ3) is 2.05. The molecule has 0 aromatic carbocycles. The maximum atomic E-state index is 4.71. The van der Waals surface area contributed by atoms with Gasteiger partial charge in [0.15, 0.2) is 0 Å². The van der Waals surface area contributed by atoms with Crippen molar-refractivity contribution in [1.82, 2.24) is 19.9 Å². The summed E-state index contributed by atoms with van der Waals surface area (Å²) in [7, 11) is 0. The lowest BCUT2D eigenvalue weighted by Crippen LogP contribution is -2.24. The highest BCUT2D eigenvalue weighted by molar-refractivity contribution is 5.87. The Bertz CT molecular complexity index is 779. The summed E-state index contributed by atoms with van der Waals surface area (Å²) in [5, 5.41) is 1.08. The zero-order valence-electron chi connectivity index (χ0n) is 12.0. The second-order valence-corrected chi connectivity index (χ2v) is 5.49. The van der Waals surface area contributed by atoms with Gasteiger partial charge in [0, 0.05) is 18.4 Å². The highest BCUT2D eigenvalue weighted by Crippen LogP contribution is 2.36. The number of fused-ring (bicyclic) bond motifs is 1. The molecule has 3 aromatic rings. The topological polar surface area (TPSA) is 57.7 Å². The first-order valence-corrected chi connectivity index (χ1v) is 7.31. The maximum Gasteiger partial charge on any atom is 0.142 e. The SMILES string of the molecule is Cc1cccc([C@@H]2CCCN2c2ncnc3[nH]ccc23)n1. The van der Waals surface area contributed by atoms with Crippen LogP contribution in [0.2, 0.25) is 0 Å². The highest BCUT2D eigenvalue weighted by Gasteiger charge is 2.29. The molecule has 1 N–H and O–H groups in total. The number of aryl methyl sites for hydroxylation is 1. The van der Waals surface area contributed by atoms with E-state index in [-0.39, 0.29) is 0 Å². The van der Waals surface area contributed by atoms with Crippen molar-refractivity contribution in [1.29, 1.82) is 0 Å². The van der Waals surface area contributed by atoms with Gasteiger partial charge in [-0.3, -0.25) is 4.98 Å². The van der Waals surface area contributed by atoms with Crippen LogP contribution in [0.15, 0.2) is 36.8 Å². The lowest BCUT2D eigenvalue weighted by atomic mass is 10.1. The van der Waals surface area contributed by atoms with Gasteiger partial charge in [0.05, 0.1) is 17.1 Å². The maximum absolute atomic E-state index is 4.71. The average molecular weight is 279 g/mol. The summed E-state index contributed by atoms with van der Waals surface area (Å²) < 4.78 is 0. The first-order chi connectivity index (χ1) is 10.3. The zero-order chi connectivity index (χ0) is 14.2. The van der Waals surface area contributed by atoms with E-state index in [0.717, 1.165) is 47.6 Å². The molecule has 0 unspecified atom stereocenters. The van der Waals surface area contributed by atoms with Gasteiger partial charge in [0.2, 0.25) is 0 Å². The number of H-pyrrole nitrogens is 1. The largest absolute Gasteiger partial charge is 0.347 e. The molecule has 4 heterocycles. The van der Waals surface area contributed by atoms with Gasteiger partial charge < -0.3 is 9.88 Å². The van der Waals surface area contributed by atoms with E-state index in [0.29, 0.717) is 6.04 Å². The summed E-state index contributed by atoms with van der Waals surface area (Å²) in [6.07, 6.45) is 5.83. The van der Waals surface area contributed by atoms with Crippen LogP contribution in [0.1, 0.15) is 30.3 Å². The van der Waals surface area contributed by atoms with Crippen LogP contribution < -0.4 is 4.90 Å². The zero-order valence-corrected chi connectivity index (χ0v) is 12.0. The smallest absolute Gasteiger partial charge is 0.142 e. The molecule has 0 saturated carbocycles. The van der Waals surface area contributed by atoms with Crippen LogP contribution in [0.3, 0.4) is 0 Å². The Kier molecular flexibility index (Phi) is 2.84. The average Bonchev–Trinajstić information content (AvgIpc) is 3.16. The Morgan fingerprint density at radius 1 is 1.24 bits per heavy atom. The standard InChI is InChI=1S/C16H17N5/c1-11-4-2-5-13(20-11)14-6-3-9-21(14)16-12-7-8-17-15(12)18-10-19-16/h2,4-5,7-8,10,14H,3,6,9H2,1H3,(H,17,18,19)/t14-/m0/s1. The lowest BCUT2D eigenvalue weighted by molar-refractivity contribution is 0.686. The monoisotopic (exact) mass is 279 g/mol. The van der Waals surface area contributed by atoms with Crippen molar-refractivity contribution in [2.75, 3.05) is 11.4 Å². The molecule has 0 amide bonds. The van der Waals surface area contributed by atoms with Crippen LogP contribution in [0.25, 0.3) is 11.0 Å². The fraction of sp³-hybridized carbons (Fsp3) is 0.312. The van der Waals surface area contributed by atoms with Crippen LogP contribution in [0.4, 0.5) is 5.82 Å². The second kappa shape index (κ2) is 4.84. The van der Waals surface area contributed by atoms with Gasteiger partial charge in [-0.15, -0.1) is 0 Å². The lowest BCUT2D eigenvalue weighted by Gasteiger charge is -2.25. The van der Waals surface area contributed by atoms with Crippen molar-refractivity contribution >= 4 is 16.9 Å². The van der Waals surface area contributed by atoms with E-state index in [1.165, 1.54) is 0 Å². The molecule has 3 aromatic heterocycles. The second-order valence-electron chi connectivity index (χ2n) is 5.49. The molecular weight excluding hydrogens is 262 g/mol. The Morgan fingerprint density at radius 3 is 3.10 bits per heavy atom. The van der Waals surface area contributed by atoms with Crippen LogP contribution in [0.5, 0.6) is 0 Å². The summed E-state index contributed by atoms with van der Waals surface area (Å²) in [4.78, 5) is 19.0. The molecular formula is C16H17N5. The quantitative estimate of drug-likeness (QED) is 0.783. The first kappa shape index (κ1) is 12.3. The van der Waals surface area contributed by atoms with Gasteiger partial charge in [-0.1, -0.05) is 6.07 Å². The molecule has 0 bridgehead atoms. The molecule has 5 nitrogen and oxygen atoms in total. The summed E-state index contributed by atoms with van der Waals surface area (Å²) in [5.41, 5.74) is 3.09. The van der Waals surface area contributed by atoms with Crippen molar-refractivity contribution in [3.05, 3.63) is 48.2 Å². The molecule has 1 saturated heterocycles.